The zero-order valence-corrected chi connectivity index (χ0v) is 16.2. The van der Waals surface area contributed by atoms with Crippen molar-refractivity contribution in [1.82, 2.24) is 19.6 Å². The van der Waals surface area contributed by atoms with E-state index in [1.165, 1.54) is 22.6 Å². The van der Waals surface area contributed by atoms with Gasteiger partial charge in [0.1, 0.15) is 0 Å². The molecule has 2 aromatic heterocycles. The van der Waals surface area contributed by atoms with Crippen molar-refractivity contribution in [3.05, 3.63) is 64.0 Å². The molecule has 140 valence electrons. The molecular weight excluding hydrogens is 414 g/mol. The van der Waals surface area contributed by atoms with Crippen LogP contribution in [0.3, 0.4) is 0 Å². The maximum atomic E-state index is 12.4. The SMILES string of the molecule is Cc1cccc(Cn2cc(Br)c(NC(=O)c3cnn(CCC(=O)O)c3)n2)c1. The molecule has 8 nitrogen and oxygen atoms in total. The van der Waals surface area contributed by atoms with Gasteiger partial charge >= 0.3 is 5.97 Å². The molecule has 0 spiro atoms. The fourth-order valence-electron chi connectivity index (χ4n) is 2.55. The van der Waals surface area contributed by atoms with E-state index in [1.807, 2.05) is 25.1 Å². The van der Waals surface area contributed by atoms with Crippen LogP contribution in [0.5, 0.6) is 0 Å². The van der Waals surface area contributed by atoms with Gasteiger partial charge in [0.25, 0.3) is 5.91 Å². The van der Waals surface area contributed by atoms with Crippen LogP contribution in [0.25, 0.3) is 0 Å². The minimum absolute atomic E-state index is 0.0579. The number of carbonyl (C=O) groups is 2. The Morgan fingerprint density at radius 2 is 2.07 bits per heavy atom. The lowest BCUT2D eigenvalue weighted by Crippen LogP contribution is -2.12. The summed E-state index contributed by atoms with van der Waals surface area (Å²) in [5.41, 5.74) is 2.62. The van der Waals surface area contributed by atoms with Crippen molar-refractivity contribution in [1.29, 1.82) is 0 Å². The van der Waals surface area contributed by atoms with Gasteiger partial charge in [0.05, 0.1) is 35.7 Å². The van der Waals surface area contributed by atoms with Crippen LogP contribution in [0.2, 0.25) is 0 Å². The van der Waals surface area contributed by atoms with Crippen LogP contribution in [-0.4, -0.2) is 36.5 Å². The number of halogens is 1. The second-order valence-corrected chi connectivity index (χ2v) is 6.96. The van der Waals surface area contributed by atoms with E-state index in [4.69, 9.17) is 5.11 Å². The van der Waals surface area contributed by atoms with E-state index in [2.05, 4.69) is 37.5 Å². The second kappa shape index (κ2) is 8.17. The first-order valence-electron chi connectivity index (χ1n) is 8.25. The molecule has 2 heterocycles. The Morgan fingerprint density at radius 3 is 2.81 bits per heavy atom. The first-order chi connectivity index (χ1) is 12.9. The molecule has 1 aromatic carbocycles. The summed E-state index contributed by atoms with van der Waals surface area (Å²) < 4.78 is 3.83. The summed E-state index contributed by atoms with van der Waals surface area (Å²) >= 11 is 3.41. The highest BCUT2D eigenvalue weighted by Gasteiger charge is 2.14. The van der Waals surface area contributed by atoms with Gasteiger partial charge in [-0.3, -0.25) is 19.0 Å². The molecule has 2 N–H and O–H groups in total. The fourth-order valence-corrected chi connectivity index (χ4v) is 2.97. The summed E-state index contributed by atoms with van der Waals surface area (Å²) in [5, 5.41) is 19.8. The number of rotatable bonds is 7. The topological polar surface area (TPSA) is 102 Å². The molecule has 0 aliphatic carbocycles. The molecule has 27 heavy (non-hydrogen) atoms. The molecule has 0 radical (unpaired) electrons. The summed E-state index contributed by atoms with van der Waals surface area (Å²) in [5.74, 6) is -0.872. The van der Waals surface area contributed by atoms with Gasteiger partial charge in [0.15, 0.2) is 5.82 Å². The van der Waals surface area contributed by atoms with Crippen LogP contribution >= 0.6 is 15.9 Å². The lowest BCUT2D eigenvalue weighted by Gasteiger charge is -2.03. The van der Waals surface area contributed by atoms with E-state index >= 15 is 0 Å². The van der Waals surface area contributed by atoms with E-state index in [9.17, 15) is 9.59 Å². The van der Waals surface area contributed by atoms with Crippen LogP contribution in [0.15, 0.2) is 47.3 Å². The number of carbonyl (C=O) groups excluding carboxylic acids is 1. The third-order valence-electron chi connectivity index (χ3n) is 3.83. The van der Waals surface area contributed by atoms with E-state index in [0.29, 0.717) is 22.4 Å². The van der Waals surface area contributed by atoms with Crippen molar-refractivity contribution in [3.63, 3.8) is 0 Å². The Labute approximate surface area is 163 Å². The average molecular weight is 432 g/mol. The van der Waals surface area contributed by atoms with Crippen molar-refractivity contribution >= 4 is 33.6 Å². The number of aliphatic carboxylic acids is 1. The lowest BCUT2D eigenvalue weighted by molar-refractivity contribution is -0.137. The van der Waals surface area contributed by atoms with Crippen LogP contribution in [0, 0.1) is 6.92 Å². The highest BCUT2D eigenvalue weighted by molar-refractivity contribution is 9.10. The molecule has 0 saturated carbocycles. The summed E-state index contributed by atoms with van der Waals surface area (Å²) in [6, 6.07) is 8.13. The Hall–Kier alpha value is -2.94. The minimum atomic E-state index is -0.917. The number of nitrogens with zero attached hydrogens (tertiary/aromatic N) is 4. The normalized spacial score (nSPS) is 10.7. The Balaban J connectivity index is 1.66. The molecule has 0 fully saturated rings. The van der Waals surface area contributed by atoms with Crippen LogP contribution < -0.4 is 5.32 Å². The summed E-state index contributed by atoms with van der Waals surface area (Å²) in [4.78, 5) is 23.0. The van der Waals surface area contributed by atoms with Gasteiger partial charge in [-0.1, -0.05) is 29.8 Å². The quantitative estimate of drug-likeness (QED) is 0.598. The van der Waals surface area contributed by atoms with Gasteiger partial charge in [-0.05, 0) is 28.4 Å². The molecule has 3 rings (SSSR count). The minimum Gasteiger partial charge on any atom is -0.481 e. The number of nitrogens with one attached hydrogen (secondary N) is 1. The van der Waals surface area contributed by atoms with Gasteiger partial charge in [0, 0.05) is 12.4 Å². The smallest absolute Gasteiger partial charge is 0.305 e. The second-order valence-electron chi connectivity index (χ2n) is 6.10. The molecule has 0 unspecified atom stereocenters. The van der Waals surface area contributed by atoms with E-state index in [0.717, 1.165) is 5.56 Å². The number of carboxylic acid groups (broad SMARTS) is 1. The molecule has 3 aromatic rings. The standard InChI is InChI=1S/C18H18BrN5O3/c1-12-3-2-4-13(7-12)9-24-11-15(19)17(22-24)21-18(27)14-8-20-23(10-14)6-5-16(25)26/h2-4,7-8,10-11H,5-6,9H2,1H3,(H,25,26)(H,21,22,27). The van der Waals surface area contributed by atoms with Crippen LogP contribution in [-0.2, 0) is 17.9 Å². The van der Waals surface area contributed by atoms with Crippen molar-refractivity contribution in [2.45, 2.75) is 26.4 Å². The van der Waals surface area contributed by atoms with Gasteiger partial charge < -0.3 is 10.4 Å². The zero-order chi connectivity index (χ0) is 19.4. The van der Waals surface area contributed by atoms with E-state index in [-0.39, 0.29) is 18.9 Å². The number of anilines is 1. The fraction of sp³-hybridized carbons (Fsp3) is 0.222. The molecule has 0 bridgehead atoms. The van der Waals surface area contributed by atoms with Crippen molar-refractivity contribution < 1.29 is 14.7 Å². The van der Waals surface area contributed by atoms with Crippen molar-refractivity contribution in [2.24, 2.45) is 0 Å². The molecular formula is C18H18BrN5O3. The number of hydrogen-bond acceptors (Lipinski definition) is 4. The van der Waals surface area contributed by atoms with E-state index < -0.39 is 5.97 Å². The first kappa shape index (κ1) is 18.8. The third-order valence-corrected chi connectivity index (χ3v) is 4.41. The molecule has 0 aliphatic rings. The summed E-state index contributed by atoms with van der Waals surface area (Å²) in [6.45, 7) is 2.82. The highest BCUT2D eigenvalue weighted by Crippen LogP contribution is 2.21. The van der Waals surface area contributed by atoms with Crippen molar-refractivity contribution in [3.8, 4) is 0 Å². The summed E-state index contributed by atoms with van der Waals surface area (Å²) in [6.07, 6.45) is 4.65. The Morgan fingerprint density at radius 1 is 1.26 bits per heavy atom. The molecule has 0 atom stereocenters. The predicted molar refractivity (Wildman–Crippen MR) is 103 cm³/mol. The molecule has 0 aliphatic heterocycles. The number of carboxylic acids is 1. The van der Waals surface area contributed by atoms with Gasteiger partial charge in [-0.25, -0.2) is 0 Å². The molecule has 1 amide bonds. The predicted octanol–water partition coefficient (Wildman–Crippen LogP) is 2.93. The largest absolute Gasteiger partial charge is 0.481 e. The number of aromatic nitrogens is 4. The lowest BCUT2D eigenvalue weighted by atomic mass is 10.1. The number of amides is 1. The molecule has 9 heteroatoms. The monoisotopic (exact) mass is 431 g/mol. The first-order valence-corrected chi connectivity index (χ1v) is 9.04. The van der Waals surface area contributed by atoms with Gasteiger partial charge in [-0.2, -0.15) is 10.2 Å². The number of benzene rings is 1. The third kappa shape index (κ3) is 5.04. The zero-order valence-electron chi connectivity index (χ0n) is 14.6. The average Bonchev–Trinajstić information content (AvgIpc) is 3.20. The number of aryl methyl sites for hydroxylation is 2. The Kier molecular flexibility index (Phi) is 5.70. The number of hydrogen-bond donors (Lipinski definition) is 2. The molecule has 0 saturated heterocycles. The Bertz CT molecular complexity index is 979. The highest BCUT2D eigenvalue weighted by atomic mass is 79.9. The maximum absolute atomic E-state index is 12.4. The van der Waals surface area contributed by atoms with Crippen molar-refractivity contribution in [2.75, 3.05) is 5.32 Å². The van der Waals surface area contributed by atoms with Crippen LogP contribution in [0.4, 0.5) is 5.82 Å². The van der Waals surface area contributed by atoms with Gasteiger partial charge in [-0.15, -0.1) is 0 Å². The van der Waals surface area contributed by atoms with Crippen LogP contribution in [0.1, 0.15) is 27.9 Å². The van der Waals surface area contributed by atoms with Gasteiger partial charge in [0.2, 0.25) is 0 Å². The maximum Gasteiger partial charge on any atom is 0.305 e. The van der Waals surface area contributed by atoms with E-state index in [1.54, 1.807) is 10.9 Å². The summed E-state index contributed by atoms with van der Waals surface area (Å²) in [7, 11) is 0.